The highest BCUT2D eigenvalue weighted by atomic mass is 35.5. The lowest BCUT2D eigenvalue weighted by Gasteiger charge is -2.12. The Morgan fingerprint density at radius 3 is 2.42 bits per heavy atom. The normalized spacial score (nSPS) is 11.7. The first-order valence-corrected chi connectivity index (χ1v) is 5.64. The first kappa shape index (κ1) is 15.2. The fourth-order valence-electron chi connectivity index (χ4n) is 1.18. The number of amides is 1. The number of carboxylic acid groups (broad SMARTS) is 2. The zero-order valence-corrected chi connectivity index (χ0v) is 10.8. The van der Waals surface area contributed by atoms with Gasteiger partial charge in [-0.3, -0.25) is 9.59 Å². The van der Waals surface area contributed by atoms with Crippen molar-refractivity contribution in [2.75, 3.05) is 0 Å². The smallest absolute Gasteiger partial charge is 0.326 e. The monoisotopic (exact) mass is 306 g/mol. The highest BCUT2D eigenvalue weighted by Crippen LogP contribution is 2.16. The van der Waals surface area contributed by atoms with Gasteiger partial charge in [-0.1, -0.05) is 23.2 Å². The van der Waals surface area contributed by atoms with Gasteiger partial charge in [0.2, 0.25) is 0 Å². The summed E-state index contributed by atoms with van der Waals surface area (Å²) in [6.07, 6.45) is -0.765. The average molecular weight is 307 g/mol. The number of carbonyl (C=O) groups excluding carboxylic acids is 1. The van der Waals surface area contributed by atoms with Crippen LogP contribution in [-0.4, -0.2) is 39.1 Å². The highest BCUT2D eigenvalue weighted by molar-refractivity contribution is 6.34. The molecule has 0 fully saturated rings. The van der Waals surface area contributed by atoms with Crippen molar-refractivity contribution in [3.8, 4) is 0 Å². The van der Waals surface area contributed by atoms with Crippen LogP contribution < -0.4 is 5.32 Å². The molecule has 7 nitrogen and oxygen atoms in total. The number of hydrogen-bond donors (Lipinski definition) is 3. The summed E-state index contributed by atoms with van der Waals surface area (Å²) in [5.41, 5.74) is -0.272. The standard InChI is InChI=1S/C10H8Cl2N2O5/c11-4-1-2-6(12)14-8(4)9(17)13-5(10(18)19)3-7(15)16/h1-2,5H,3H2,(H,13,17)(H,15,16)(H,18,19). The van der Waals surface area contributed by atoms with Crippen molar-refractivity contribution in [3.63, 3.8) is 0 Å². The zero-order valence-electron chi connectivity index (χ0n) is 9.26. The van der Waals surface area contributed by atoms with E-state index in [4.69, 9.17) is 33.4 Å². The van der Waals surface area contributed by atoms with Crippen molar-refractivity contribution in [2.24, 2.45) is 0 Å². The van der Waals surface area contributed by atoms with Crippen LogP contribution in [0.5, 0.6) is 0 Å². The number of aromatic nitrogens is 1. The van der Waals surface area contributed by atoms with Gasteiger partial charge in [0, 0.05) is 0 Å². The molecule has 1 unspecified atom stereocenters. The Labute approximate surface area is 117 Å². The van der Waals surface area contributed by atoms with E-state index >= 15 is 0 Å². The lowest BCUT2D eigenvalue weighted by Crippen LogP contribution is -2.42. The van der Waals surface area contributed by atoms with Crippen LogP contribution in [0.4, 0.5) is 0 Å². The van der Waals surface area contributed by atoms with Crippen LogP contribution in [0.1, 0.15) is 16.9 Å². The summed E-state index contributed by atoms with van der Waals surface area (Å²) in [5.74, 6) is -3.76. The number of pyridine rings is 1. The maximum absolute atomic E-state index is 11.7. The number of carbonyl (C=O) groups is 3. The predicted molar refractivity (Wildman–Crippen MR) is 65.4 cm³/mol. The first-order valence-electron chi connectivity index (χ1n) is 4.88. The Morgan fingerprint density at radius 1 is 1.26 bits per heavy atom. The molecule has 1 rings (SSSR count). The van der Waals surface area contributed by atoms with Crippen molar-refractivity contribution in [1.29, 1.82) is 0 Å². The molecule has 0 radical (unpaired) electrons. The average Bonchev–Trinajstić information content (AvgIpc) is 2.30. The molecule has 0 aromatic carbocycles. The second-order valence-electron chi connectivity index (χ2n) is 3.43. The molecular weight excluding hydrogens is 299 g/mol. The van der Waals surface area contributed by atoms with E-state index < -0.39 is 30.3 Å². The number of nitrogens with one attached hydrogen (secondary N) is 1. The summed E-state index contributed by atoms with van der Waals surface area (Å²) in [4.78, 5) is 36.7. The molecule has 9 heteroatoms. The lowest BCUT2D eigenvalue weighted by molar-refractivity contribution is -0.145. The van der Waals surface area contributed by atoms with Gasteiger partial charge in [-0.25, -0.2) is 9.78 Å². The van der Waals surface area contributed by atoms with E-state index in [1.165, 1.54) is 12.1 Å². The molecule has 19 heavy (non-hydrogen) atoms. The maximum atomic E-state index is 11.7. The van der Waals surface area contributed by atoms with E-state index in [1.807, 2.05) is 5.32 Å². The molecule has 0 saturated carbocycles. The number of rotatable bonds is 5. The summed E-state index contributed by atoms with van der Waals surface area (Å²) in [5, 5.41) is 19.3. The Kier molecular flexibility index (Phi) is 5.08. The fourth-order valence-corrected chi connectivity index (χ4v) is 1.52. The molecule has 0 spiro atoms. The van der Waals surface area contributed by atoms with E-state index in [9.17, 15) is 14.4 Å². The molecule has 102 valence electrons. The number of carboxylic acids is 2. The Balaban J connectivity index is 2.90. The molecule has 0 aliphatic rings. The Hall–Kier alpha value is -1.86. The lowest BCUT2D eigenvalue weighted by atomic mass is 10.2. The van der Waals surface area contributed by atoms with Crippen LogP contribution in [0, 0.1) is 0 Å². The van der Waals surface area contributed by atoms with Crippen molar-refractivity contribution >= 4 is 41.0 Å². The number of hydrogen-bond acceptors (Lipinski definition) is 4. The van der Waals surface area contributed by atoms with Crippen LogP contribution in [0.3, 0.4) is 0 Å². The topological polar surface area (TPSA) is 117 Å². The van der Waals surface area contributed by atoms with Gasteiger partial charge in [0.15, 0.2) is 0 Å². The third-order valence-electron chi connectivity index (χ3n) is 2.01. The van der Waals surface area contributed by atoms with Gasteiger partial charge < -0.3 is 15.5 Å². The van der Waals surface area contributed by atoms with Crippen molar-refractivity contribution < 1.29 is 24.6 Å². The zero-order chi connectivity index (χ0) is 14.6. The van der Waals surface area contributed by atoms with Crippen molar-refractivity contribution in [2.45, 2.75) is 12.5 Å². The van der Waals surface area contributed by atoms with Crippen molar-refractivity contribution in [3.05, 3.63) is 28.0 Å². The summed E-state index contributed by atoms with van der Waals surface area (Å²) in [6, 6.07) is 1.09. The van der Waals surface area contributed by atoms with Gasteiger partial charge in [-0.15, -0.1) is 0 Å². The van der Waals surface area contributed by atoms with Gasteiger partial charge in [0.1, 0.15) is 16.9 Å². The molecule has 1 heterocycles. The molecule has 0 aliphatic heterocycles. The molecule has 0 bridgehead atoms. The van der Waals surface area contributed by atoms with Crippen LogP contribution in [0.25, 0.3) is 0 Å². The number of halogens is 2. The van der Waals surface area contributed by atoms with Gasteiger partial charge >= 0.3 is 11.9 Å². The summed E-state index contributed by atoms with van der Waals surface area (Å²) < 4.78 is 0. The molecule has 1 aromatic rings. The van der Waals surface area contributed by atoms with E-state index in [-0.39, 0.29) is 15.9 Å². The SMILES string of the molecule is O=C(O)CC(NC(=O)c1nc(Cl)ccc1Cl)C(=O)O. The number of nitrogens with zero attached hydrogens (tertiary/aromatic N) is 1. The molecule has 0 saturated heterocycles. The molecule has 1 atom stereocenters. The largest absolute Gasteiger partial charge is 0.481 e. The quantitative estimate of drug-likeness (QED) is 0.700. The van der Waals surface area contributed by atoms with Gasteiger partial charge in [-0.05, 0) is 12.1 Å². The predicted octanol–water partition coefficient (Wildman–Crippen LogP) is 1.05. The van der Waals surface area contributed by atoms with Crippen LogP contribution in [-0.2, 0) is 9.59 Å². The molecular formula is C10H8Cl2N2O5. The third-order valence-corrected chi connectivity index (χ3v) is 2.52. The molecule has 3 N–H and O–H groups in total. The minimum atomic E-state index is -1.58. The summed E-state index contributed by atoms with van der Waals surface area (Å²) >= 11 is 11.3. The molecule has 1 aromatic heterocycles. The minimum absolute atomic E-state index is 0.000315. The second kappa shape index (κ2) is 6.35. The maximum Gasteiger partial charge on any atom is 0.326 e. The first-order chi connectivity index (χ1) is 8.81. The number of aliphatic carboxylic acids is 2. The minimum Gasteiger partial charge on any atom is -0.481 e. The second-order valence-corrected chi connectivity index (χ2v) is 4.22. The van der Waals surface area contributed by atoms with Crippen LogP contribution in [0.15, 0.2) is 12.1 Å². The molecule has 1 amide bonds. The third kappa shape index (κ3) is 4.38. The Bertz CT molecular complexity index is 535. The van der Waals surface area contributed by atoms with Gasteiger partial charge in [-0.2, -0.15) is 0 Å². The van der Waals surface area contributed by atoms with Gasteiger partial charge in [0.05, 0.1) is 11.4 Å². The van der Waals surface area contributed by atoms with Crippen LogP contribution >= 0.6 is 23.2 Å². The van der Waals surface area contributed by atoms with E-state index in [2.05, 4.69) is 4.98 Å². The molecule has 0 aliphatic carbocycles. The van der Waals surface area contributed by atoms with Crippen LogP contribution in [0.2, 0.25) is 10.2 Å². The summed E-state index contributed by atoms with van der Waals surface area (Å²) in [7, 11) is 0. The van der Waals surface area contributed by atoms with Gasteiger partial charge in [0.25, 0.3) is 5.91 Å². The summed E-state index contributed by atoms with van der Waals surface area (Å²) in [6.45, 7) is 0. The van der Waals surface area contributed by atoms with E-state index in [0.717, 1.165) is 0 Å². The van der Waals surface area contributed by atoms with E-state index in [0.29, 0.717) is 0 Å². The van der Waals surface area contributed by atoms with Crippen molar-refractivity contribution in [1.82, 2.24) is 10.3 Å². The fraction of sp³-hybridized carbons (Fsp3) is 0.200. The highest BCUT2D eigenvalue weighted by Gasteiger charge is 2.25. The Morgan fingerprint density at radius 2 is 1.89 bits per heavy atom. The van der Waals surface area contributed by atoms with E-state index in [1.54, 1.807) is 0 Å².